The van der Waals surface area contributed by atoms with Crippen LogP contribution in [0.15, 0.2) is 11.1 Å². The number of rotatable bonds is 3. The average molecular weight is 223 g/mol. The van der Waals surface area contributed by atoms with Crippen molar-refractivity contribution in [2.45, 2.75) is 18.8 Å². The summed E-state index contributed by atoms with van der Waals surface area (Å²) in [6, 6.07) is 0. The van der Waals surface area contributed by atoms with Crippen LogP contribution in [0.5, 0.6) is 0 Å². The maximum Gasteiger partial charge on any atom is 0.161 e. The van der Waals surface area contributed by atoms with Crippen molar-refractivity contribution in [3.05, 3.63) is 11.1 Å². The van der Waals surface area contributed by atoms with E-state index in [1.807, 2.05) is 6.08 Å². The average Bonchev–Trinajstić information content (AvgIpc) is 2.48. The van der Waals surface area contributed by atoms with E-state index in [2.05, 4.69) is 15.9 Å². The Morgan fingerprint density at radius 3 is 3.00 bits per heavy atom. The molecule has 2 unspecified atom stereocenters. The van der Waals surface area contributed by atoms with Crippen LogP contribution in [0.25, 0.3) is 0 Å². The van der Waals surface area contributed by atoms with Gasteiger partial charge in [-0.3, -0.25) is 0 Å². The van der Waals surface area contributed by atoms with Crippen molar-refractivity contribution in [2.75, 3.05) is 13.2 Å². The van der Waals surface area contributed by atoms with Gasteiger partial charge in [0.2, 0.25) is 0 Å². The van der Waals surface area contributed by atoms with Crippen LogP contribution in [0.3, 0.4) is 0 Å². The van der Waals surface area contributed by atoms with Gasteiger partial charge in [-0.25, -0.2) is 0 Å². The fourth-order valence-corrected chi connectivity index (χ4v) is 1.11. The minimum atomic E-state index is -0.180. The Morgan fingerprint density at radius 2 is 2.45 bits per heavy atom. The Bertz CT molecular complexity index is 138. The van der Waals surface area contributed by atoms with Gasteiger partial charge in [0.05, 0.1) is 13.2 Å². The molecule has 3 nitrogen and oxygen atoms in total. The molecule has 0 bridgehead atoms. The topological polar surface area (TPSA) is 38.7 Å². The first kappa shape index (κ1) is 9.19. The molecule has 0 aromatic heterocycles. The van der Waals surface area contributed by atoms with Crippen molar-refractivity contribution in [3.8, 4) is 0 Å². The van der Waals surface area contributed by atoms with Crippen molar-refractivity contribution in [1.82, 2.24) is 0 Å². The van der Waals surface area contributed by atoms with Crippen LogP contribution >= 0.6 is 15.9 Å². The predicted molar refractivity (Wildman–Crippen MR) is 44.4 cm³/mol. The molecular formula is C7H11BrO3. The molecule has 1 aliphatic rings. The monoisotopic (exact) mass is 222 g/mol. The summed E-state index contributed by atoms with van der Waals surface area (Å²) in [7, 11) is 0. The maximum absolute atomic E-state index is 8.68. The lowest BCUT2D eigenvalue weighted by Gasteiger charge is -2.06. The van der Waals surface area contributed by atoms with Crippen LogP contribution in [0.1, 0.15) is 6.42 Å². The van der Waals surface area contributed by atoms with E-state index >= 15 is 0 Å². The number of halogens is 1. The second-order valence-corrected chi connectivity index (χ2v) is 2.83. The van der Waals surface area contributed by atoms with Gasteiger partial charge in [0, 0.05) is 6.42 Å². The lowest BCUT2D eigenvalue weighted by Crippen LogP contribution is -2.15. The van der Waals surface area contributed by atoms with Crippen molar-refractivity contribution in [1.29, 1.82) is 0 Å². The van der Waals surface area contributed by atoms with Gasteiger partial charge >= 0.3 is 0 Å². The third-order valence-corrected chi connectivity index (χ3v) is 1.81. The molecule has 0 aromatic rings. The van der Waals surface area contributed by atoms with Gasteiger partial charge in [-0.1, -0.05) is 22.0 Å². The highest BCUT2D eigenvalue weighted by molar-refractivity contribution is 9.11. The van der Waals surface area contributed by atoms with Crippen molar-refractivity contribution >= 4 is 15.9 Å². The molecule has 1 aliphatic heterocycles. The first-order valence-corrected chi connectivity index (χ1v) is 4.41. The molecule has 1 fully saturated rings. The molecule has 4 heteroatoms. The van der Waals surface area contributed by atoms with Gasteiger partial charge in [-0.2, -0.15) is 0 Å². The molecule has 0 aromatic carbocycles. The quantitative estimate of drug-likeness (QED) is 0.776. The summed E-state index contributed by atoms with van der Waals surface area (Å²) in [5, 5.41) is 8.68. The molecule has 1 heterocycles. The van der Waals surface area contributed by atoms with Crippen molar-refractivity contribution < 1.29 is 14.6 Å². The third kappa shape index (κ3) is 2.91. The lowest BCUT2D eigenvalue weighted by atomic mass is 10.4. The second kappa shape index (κ2) is 4.87. The summed E-state index contributed by atoms with van der Waals surface area (Å²) >= 11 is 3.15. The lowest BCUT2D eigenvalue weighted by molar-refractivity contribution is -0.0615. The molecule has 0 radical (unpaired) electrons. The molecule has 0 saturated carbocycles. The SMILES string of the molecule is OCC1COC(CC=CBr)O1. The molecule has 1 N–H and O–H groups in total. The molecule has 0 amide bonds. The highest BCUT2D eigenvalue weighted by atomic mass is 79.9. The zero-order valence-electron chi connectivity index (χ0n) is 6.07. The van der Waals surface area contributed by atoms with E-state index < -0.39 is 0 Å². The van der Waals surface area contributed by atoms with E-state index in [1.54, 1.807) is 4.99 Å². The van der Waals surface area contributed by atoms with Gasteiger partial charge < -0.3 is 14.6 Å². The molecule has 0 spiro atoms. The highest BCUT2D eigenvalue weighted by Crippen LogP contribution is 2.14. The fraction of sp³-hybridized carbons (Fsp3) is 0.714. The molecule has 1 rings (SSSR count). The summed E-state index contributed by atoms with van der Waals surface area (Å²) in [6.07, 6.45) is 2.32. The Labute approximate surface area is 74.1 Å². The van der Waals surface area contributed by atoms with E-state index in [-0.39, 0.29) is 19.0 Å². The number of aliphatic hydroxyl groups is 1. The van der Waals surface area contributed by atoms with E-state index in [0.29, 0.717) is 6.61 Å². The zero-order valence-corrected chi connectivity index (χ0v) is 7.66. The van der Waals surface area contributed by atoms with Crippen LogP contribution in [0.4, 0.5) is 0 Å². The minimum Gasteiger partial charge on any atom is -0.394 e. The molecule has 2 atom stereocenters. The predicted octanol–water partition coefficient (Wildman–Crippen LogP) is 1.02. The van der Waals surface area contributed by atoms with E-state index in [0.717, 1.165) is 6.42 Å². The Kier molecular flexibility index (Phi) is 4.07. The summed E-state index contributed by atoms with van der Waals surface area (Å²) in [5.74, 6) is 0. The van der Waals surface area contributed by atoms with Gasteiger partial charge in [-0.05, 0) is 4.99 Å². The van der Waals surface area contributed by atoms with Gasteiger partial charge in [0.15, 0.2) is 6.29 Å². The highest BCUT2D eigenvalue weighted by Gasteiger charge is 2.23. The van der Waals surface area contributed by atoms with Crippen molar-refractivity contribution in [2.24, 2.45) is 0 Å². The molecular weight excluding hydrogens is 212 g/mol. The maximum atomic E-state index is 8.68. The van der Waals surface area contributed by atoms with Crippen LogP contribution in [0, 0.1) is 0 Å². The first-order chi connectivity index (χ1) is 5.36. The smallest absolute Gasteiger partial charge is 0.161 e. The Hall–Kier alpha value is 0.1000. The van der Waals surface area contributed by atoms with E-state index in [9.17, 15) is 0 Å². The largest absolute Gasteiger partial charge is 0.394 e. The van der Waals surface area contributed by atoms with Crippen LogP contribution < -0.4 is 0 Å². The summed E-state index contributed by atoms with van der Waals surface area (Å²) in [5.41, 5.74) is 0. The van der Waals surface area contributed by atoms with E-state index in [1.165, 1.54) is 0 Å². The first-order valence-electron chi connectivity index (χ1n) is 3.50. The van der Waals surface area contributed by atoms with E-state index in [4.69, 9.17) is 14.6 Å². The molecule has 64 valence electrons. The second-order valence-electron chi connectivity index (χ2n) is 2.30. The molecule has 0 aliphatic carbocycles. The minimum absolute atomic E-state index is 0.0362. The molecule has 1 saturated heterocycles. The number of aliphatic hydroxyl groups excluding tert-OH is 1. The normalized spacial score (nSPS) is 31.8. The standard InChI is InChI=1S/C7H11BrO3/c8-3-1-2-7-10-5-6(4-9)11-7/h1,3,6-7,9H,2,4-5H2. The van der Waals surface area contributed by atoms with Crippen LogP contribution in [-0.2, 0) is 9.47 Å². The zero-order chi connectivity index (χ0) is 8.10. The summed E-state index contributed by atoms with van der Waals surface area (Å²) in [6.45, 7) is 0.534. The molecule has 11 heavy (non-hydrogen) atoms. The van der Waals surface area contributed by atoms with Gasteiger partial charge in [0.25, 0.3) is 0 Å². The Morgan fingerprint density at radius 1 is 1.64 bits per heavy atom. The summed E-state index contributed by atoms with van der Waals surface area (Å²) in [4.78, 5) is 1.77. The number of hydrogen-bond acceptors (Lipinski definition) is 3. The number of hydrogen-bond donors (Lipinski definition) is 1. The number of ether oxygens (including phenoxy) is 2. The fourth-order valence-electron chi connectivity index (χ4n) is 0.890. The summed E-state index contributed by atoms with van der Waals surface area (Å²) < 4.78 is 10.5. The van der Waals surface area contributed by atoms with Crippen LogP contribution in [0.2, 0.25) is 0 Å². The third-order valence-electron chi connectivity index (χ3n) is 1.43. The van der Waals surface area contributed by atoms with Crippen LogP contribution in [-0.4, -0.2) is 30.7 Å². The van der Waals surface area contributed by atoms with Gasteiger partial charge in [-0.15, -0.1) is 0 Å². The Balaban J connectivity index is 2.19. The van der Waals surface area contributed by atoms with Gasteiger partial charge in [0.1, 0.15) is 6.10 Å². The van der Waals surface area contributed by atoms with Crippen molar-refractivity contribution in [3.63, 3.8) is 0 Å².